The van der Waals surface area contributed by atoms with Crippen LogP contribution in [0.2, 0.25) is 0 Å². The zero-order valence-electron chi connectivity index (χ0n) is 14.4. The van der Waals surface area contributed by atoms with E-state index < -0.39 is 5.97 Å². The molecule has 0 radical (unpaired) electrons. The predicted octanol–water partition coefficient (Wildman–Crippen LogP) is 3.40. The minimum atomic E-state index is -0.722. The Labute approximate surface area is 149 Å². The van der Waals surface area contributed by atoms with Crippen LogP contribution < -0.4 is 4.74 Å². The van der Waals surface area contributed by atoms with Crippen molar-refractivity contribution in [3.05, 3.63) is 65.7 Å². The Morgan fingerprint density at radius 3 is 2.64 bits per heavy atom. The summed E-state index contributed by atoms with van der Waals surface area (Å²) in [5, 5.41) is 9.24. The fourth-order valence-electron chi connectivity index (χ4n) is 3.42. The van der Waals surface area contributed by atoms with Crippen LogP contribution in [0.4, 0.5) is 0 Å². The van der Waals surface area contributed by atoms with Crippen LogP contribution in [0.25, 0.3) is 0 Å². The molecule has 4 nitrogen and oxygen atoms in total. The molecule has 1 atom stereocenters. The van der Waals surface area contributed by atoms with E-state index in [1.165, 1.54) is 11.1 Å². The standard InChI is InChI=1S/C21H25NO3/c23-21(24)19-10-6-14-22(19)15-16-25-20-11-5-4-9-18(20)13-12-17-7-2-1-3-8-17/h1-5,7-9,11,19H,6,10,12-16H2,(H,23,24). The summed E-state index contributed by atoms with van der Waals surface area (Å²) in [7, 11) is 0. The third kappa shape index (κ3) is 4.83. The average Bonchev–Trinajstić information content (AvgIpc) is 3.11. The quantitative estimate of drug-likeness (QED) is 0.801. The lowest BCUT2D eigenvalue weighted by Crippen LogP contribution is -2.38. The van der Waals surface area contributed by atoms with Gasteiger partial charge in [0.15, 0.2) is 0 Å². The molecule has 3 rings (SSSR count). The van der Waals surface area contributed by atoms with Gasteiger partial charge in [0.2, 0.25) is 0 Å². The minimum Gasteiger partial charge on any atom is -0.492 e. The molecule has 1 saturated heterocycles. The molecule has 25 heavy (non-hydrogen) atoms. The maximum Gasteiger partial charge on any atom is 0.320 e. The number of aliphatic carboxylic acids is 1. The van der Waals surface area contributed by atoms with Crippen molar-refractivity contribution in [3.8, 4) is 5.75 Å². The summed E-state index contributed by atoms with van der Waals surface area (Å²) < 4.78 is 5.98. The monoisotopic (exact) mass is 339 g/mol. The van der Waals surface area contributed by atoms with E-state index in [1.807, 2.05) is 29.2 Å². The van der Waals surface area contributed by atoms with Crippen molar-refractivity contribution in [2.45, 2.75) is 31.7 Å². The number of carbonyl (C=O) groups is 1. The summed E-state index contributed by atoms with van der Waals surface area (Å²) in [5.74, 6) is 0.185. The summed E-state index contributed by atoms with van der Waals surface area (Å²) in [5.41, 5.74) is 2.52. The molecule has 1 fully saturated rings. The Bertz CT molecular complexity index is 687. The topological polar surface area (TPSA) is 49.8 Å². The molecule has 0 amide bonds. The van der Waals surface area contributed by atoms with Gasteiger partial charge in [-0.3, -0.25) is 9.69 Å². The van der Waals surface area contributed by atoms with E-state index in [2.05, 4.69) is 30.3 Å². The molecule has 2 aromatic carbocycles. The van der Waals surface area contributed by atoms with Crippen molar-refractivity contribution in [3.63, 3.8) is 0 Å². The zero-order chi connectivity index (χ0) is 17.5. The second kappa shape index (κ2) is 8.67. The summed E-state index contributed by atoms with van der Waals surface area (Å²) in [6.45, 7) is 2.02. The lowest BCUT2D eigenvalue weighted by molar-refractivity contribution is -0.142. The van der Waals surface area contributed by atoms with Crippen LogP contribution in [0.5, 0.6) is 5.75 Å². The van der Waals surface area contributed by atoms with Crippen LogP contribution >= 0.6 is 0 Å². The van der Waals surface area contributed by atoms with Crippen molar-refractivity contribution in [2.75, 3.05) is 19.7 Å². The maximum absolute atomic E-state index is 11.2. The maximum atomic E-state index is 11.2. The Balaban J connectivity index is 1.53. The van der Waals surface area contributed by atoms with E-state index >= 15 is 0 Å². The molecule has 132 valence electrons. The average molecular weight is 339 g/mol. The highest BCUT2D eigenvalue weighted by Crippen LogP contribution is 2.21. The fraction of sp³-hybridized carbons (Fsp3) is 0.381. The lowest BCUT2D eigenvalue weighted by atomic mass is 10.0. The molecule has 0 aromatic heterocycles. The summed E-state index contributed by atoms with van der Waals surface area (Å²) >= 11 is 0. The number of carboxylic acids is 1. The number of ether oxygens (including phenoxy) is 1. The second-order valence-corrected chi connectivity index (χ2v) is 6.47. The third-order valence-electron chi connectivity index (χ3n) is 4.78. The normalized spacial score (nSPS) is 17.5. The van der Waals surface area contributed by atoms with Crippen LogP contribution in [0, 0.1) is 0 Å². The van der Waals surface area contributed by atoms with Gasteiger partial charge in [-0.2, -0.15) is 0 Å². The number of carboxylic acid groups (broad SMARTS) is 1. The van der Waals surface area contributed by atoms with Crippen molar-refractivity contribution < 1.29 is 14.6 Å². The first kappa shape index (κ1) is 17.5. The Kier molecular flexibility index (Phi) is 6.07. The van der Waals surface area contributed by atoms with Gasteiger partial charge in [0.05, 0.1) is 0 Å². The summed E-state index contributed by atoms with van der Waals surface area (Å²) in [6, 6.07) is 18.2. The van der Waals surface area contributed by atoms with Crippen LogP contribution in [0.15, 0.2) is 54.6 Å². The molecule has 2 aromatic rings. The fourth-order valence-corrected chi connectivity index (χ4v) is 3.42. The van der Waals surface area contributed by atoms with E-state index in [-0.39, 0.29) is 6.04 Å². The van der Waals surface area contributed by atoms with Crippen molar-refractivity contribution >= 4 is 5.97 Å². The summed E-state index contributed by atoms with van der Waals surface area (Å²) in [4.78, 5) is 13.2. The molecular weight excluding hydrogens is 314 g/mol. The van der Waals surface area contributed by atoms with E-state index in [0.717, 1.165) is 38.0 Å². The molecule has 1 aliphatic rings. The number of nitrogens with zero attached hydrogens (tertiary/aromatic N) is 1. The lowest BCUT2D eigenvalue weighted by Gasteiger charge is -2.21. The number of benzene rings is 2. The first-order valence-electron chi connectivity index (χ1n) is 8.95. The summed E-state index contributed by atoms with van der Waals surface area (Å²) in [6.07, 6.45) is 3.60. The first-order valence-corrected chi connectivity index (χ1v) is 8.95. The molecule has 0 spiro atoms. The van der Waals surface area contributed by atoms with E-state index in [1.54, 1.807) is 0 Å². The van der Waals surface area contributed by atoms with Gasteiger partial charge in [0.25, 0.3) is 0 Å². The highest BCUT2D eigenvalue weighted by atomic mass is 16.5. The Hall–Kier alpha value is -2.33. The van der Waals surface area contributed by atoms with Gasteiger partial charge in [0.1, 0.15) is 18.4 Å². The Morgan fingerprint density at radius 2 is 1.84 bits per heavy atom. The number of likely N-dealkylation sites (tertiary alicyclic amines) is 1. The number of aryl methyl sites for hydroxylation is 2. The SMILES string of the molecule is O=C(O)C1CCCN1CCOc1ccccc1CCc1ccccc1. The first-order chi connectivity index (χ1) is 12.2. The second-order valence-electron chi connectivity index (χ2n) is 6.47. The number of rotatable bonds is 8. The molecular formula is C21H25NO3. The highest BCUT2D eigenvalue weighted by molar-refractivity contribution is 5.73. The van der Waals surface area contributed by atoms with Crippen molar-refractivity contribution in [1.29, 1.82) is 0 Å². The number of para-hydroxylation sites is 1. The zero-order valence-corrected chi connectivity index (χ0v) is 14.4. The molecule has 1 aliphatic heterocycles. The van der Waals surface area contributed by atoms with Gasteiger partial charge < -0.3 is 9.84 Å². The molecule has 4 heteroatoms. The largest absolute Gasteiger partial charge is 0.492 e. The van der Waals surface area contributed by atoms with Crippen molar-refractivity contribution in [1.82, 2.24) is 4.90 Å². The molecule has 1 unspecified atom stereocenters. The highest BCUT2D eigenvalue weighted by Gasteiger charge is 2.29. The molecule has 0 aliphatic carbocycles. The van der Waals surface area contributed by atoms with E-state index in [4.69, 9.17) is 4.74 Å². The third-order valence-corrected chi connectivity index (χ3v) is 4.78. The van der Waals surface area contributed by atoms with Gasteiger partial charge in [-0.05, 0) is 49.4 Å². The van der Waals surface area contributed by atoms with Crippen LogP contribution in [0.3, 0.4) is 0 Å². The van der Waals surface area contributed by atoms with E-state index in [0.29, 0.717) is 13.2 Å². The van der Waals surface area contributed by atoms with Crippen LogP contribution in [-0.2, 0) is 17.6 Å². The number of hydrogen-bond donors (Lipinski definition) is 1. The minimum absolute atomic E-state index is 0.350. The van der Waals surface area contributed by atoms with Crippen LogP contribution in [0.1, 0.15) is 24.0 Å². The van der Waals surface area contributed by atoms with Gasteiger partial charge in [0, 0.05) is 6.54 Å². The molecule has 0 saturated carbocycles. The molecule has 1 N–H and O–H groups in total. The van der Waals surface area contributed by atoms with E-state index in [9.17, 15) is 9.90 Å². The number of hydrogen-bond acceptors (Lipinski definition) is 3. The van der Waals surface area contributed by atoms with Crippen LogP contribution in [-0.4, -0.2) is 41.7 Å². The van der Waals surface area contributed by atoms with Gasteiger partial charge in [-0.25, -0.2) is 0 Å². The van der Waals surface area contributed by atoms with Crippen molar-refractivity contribution in [2.24, 2.45) is 0 Å². The smallest absolute Gasteiger partial charge is 0.320 e. The predicted molar refractivity (Wildman–Crippen MR) is 98.0 cm³/mol. The Morgan fingerprint density at radius 1 is 1.08 bits per heavy atom. The van der Waals surface area contributed by atoms with Gasteiger partial charge in [-0.1, -0.05) is 48.5 Å². The molecule has 1 heterocycles. The molecule has 0 bridgehead atoms. The van der Waals surface area contributed by atoms with Gasteiger partial charge >= 0.3 is 5.97 Å². The van der Waals surface area contributed by atoms with Gasteiger partial charge in [-0.15, -0.1) is 0 Å².